The van der Waals surface area contributed by atoms with Crippen LogP contribution in [0.25, 0.3) is 0 Å². The van der Waals surface area contributed by atoms with Crippen molar-refractivity contribution < 1.29 is 9.50 Å². The average Bonchev–Trinajstić information content (AvgIpc) is 2.41. The Morgan fingerprint density at radius 3 is 2.69 bits per heavy atom. The molecule has 16 heavy (non-hydrogen) atoms. The van der Waals surface area contributed by atoms with Crippen molar-refractivity contribution in [2.75, 3.05) is 18.0 Å². The molecule has 1 N–H and O–H groups in total. The molecule has 0 amide bonds. The van der Waals surface area contributed by atoms with Crippen LogP contribution in [0, 0.1) is 5.82 Å². The fourth-order valence-corrected chi connectivity index (χ4v) is 1.93. The molecule has 5 heteroatoms. The molecule has 0 saturated carbocycles. The van der Waals surface area contributed by atoms with Gasteiger partial charge >= 0.3 is 0 Å². The third-order valence-corrected chi connectivity index (χ3v) is 2.95. The molecule has 0 spiro atoms. The summed E-state index contributed by atoms with van der Waals surface area (Å²) in [6.45, 7) is 3.36. The van der Waals surface area contributed by atoms with Crippen molar-refractivity contribution in [1.29, 1.82) is 0 Å². The second-order valence-corrected chi connectivity index (χ2v) is 4.54. The van der Waals surface area contributed by atoms with E-state index in [4.69, 9.17) is 0 Å². The van der Waals surface area contributed by atoms with Gasteiger partial charge in [-0.2, -0.15) is 0 Å². The topological polar surface area (TPSA) is 49.2 Å². The molecule has 0 aromatic carbocycles. The standard InChI is InChI=1S/C11H16FN3O/c1-11(16)3-2-5-15(6-4-11)10-13-7-9(12)8-14-10/h7-8,16H,2-6H2,1H3. The van der Waals surface area contributed by atoms with Crippen LogP contribution >= 0.6 is 0 Å². The van der Waals surface area contributed by atoms with Crippen molar-refractivity contribution in [3.05, 3.63) is 18.2 Å². The highest BCUT2D eigenvalue weighted by Gasteiger charge is 2.25. The first-order valence-electron chi connectivity index (χ1n) is 5.52. The van der Waals surface area contributed by atoms with Crippen LogP contribution in [0.4, 0.5) is 10.3 Å². The minimum Gasteiger partial charge on any atom is -0.390 e. The van der Waals surface area contributed by atoms with Crippen LogP contribution in [0.2, 0.25) is 0 Å². The molecule has 0 bridgehead atoms. The summed E-state index contributed by atoms with van der Waals surface area (Å²) in [7, 11) is 0. The zero-order valence-electron chi connectivity index (χ0n) is 9.36. The first kappa shape index (κ1) is 11.3. The van der Waals surface area contributed by atoms with Gasteiger partial charge < -0.3 is 10.0 Å². The number of halogens is 1. The monoisotopic (exact) mass is 225 g/mol. The maximum absolute atomic E-state index is 12.7. The van der Waals surface area contributed by atoms with Gasteiger partial charge in [0.25, 0.3) is 0 Å². The van der Waals surface area contributed by atoms with Crippen molar-refractivity contribution in [1.82, 2.24) is 9.97 Å². The zero-order chi connectivity index (χ0) is 11.6. The van der Waals surface area contributed by atoms with E-state index >= 15 is 0 Å². The lowest BCUT2D eigenvalue weighted by atomic mass is 9.98. The van der Waals surface area contributed by atoms with E-state index in [0.717, 1.165) is 19.4 Å². The van der Waals surface area contributed by atoms with Crippen molar-refractivity contribution in [2.24, 2.45) is 0 Å². The lowest BCUT2D eigenvalue weighted by Gasteiger charge is -2.22. The summed E-state index contributed by atoms with van der Waals surface area (Å²) in [6.07, 6.45) is 4.71. The van der Waals surface area contributed by atoms with Gasteiger partial charge in [-0.1, -0.05) is 0 Å². The predicted molar refractivity (Wildman–Crippen MR) is 58.7 cm³/mol. The molecule has 1 aliphatic heterocycles. The van der Waals surface area contributed by atoms with Crippen LogP contribution in [0.1, 0.15) is 26.2 Å². The highest BCUT2D eigenvalue weighted by atomic mass is 19.1. The van der Waals surface area contributed by atoms with Gasteiger partial charge in [-0.3, -0.25) is 0 Å². The molecular weight excluding hydrogens is 209 g/mol. The number of hydrogen-bond donors (Lipinski definition) is 1. The van der Waals surface area contributed by atoms with Crippen LogP contribution in [0.15, 0.2) is 12.4 Å². The summed E-state index contributed by atoms with van der Waals surface area (Å²) in [5, 5.41) is 9.94. The summed E-state index contributed by atoms with van der Waals surface area (Å²) in [6, 6.07) is 0. The van der Waals surface area contributed by atoms with Crippen molar-refractivity contribution in [2.45, 2.75) is 31.8 Å². The molecule has 88 valence electrons. The van der Waals surface area contributed by atoms with Gasteiger partial charge in [0.15, 0.2) is 5.82 Å². The van der Waals surface area contributed by atoms with Crippen LogP contribution in [-0.4, -0.2) is 33.8 Å². The van der Waals surface area contributed by atoms with E-state index in [-0.39, 0.29) is 0 Å². The Bertz CT molecular complexity index is 353. The molecule has 2 rings (SSSR count). The van der Waals surface area contributed by atoms with Gasteiger partial charge in [0.2, 0.25) is 5.95 Å². The van der Waals surface area contributed by atoms with Gasteiger partial charge in [-0.15, -0.1) is 0 Å². The Morgan fingerprint density at radius 1 is 1.31 bits per heavy atom. The third kappa shape index (κ3) is 2.66. The summed E-state index contributed by atoms with van der Waals surface area (Å²) in [5.74, 6) is 0.115. The van der Waals surface area contributed by atoms with Gasteiger partial charge in [0.05, 0.1) is 18.0 Å². The molecule has 1 aliphatic rings. The van der Waals surface area contributed by atoms with Crippen molar-refractivity contribution in [3.63, 3.8) is 0 Å². The fraction of sp³-hybridized carbons (Fsp3) is 0.636. The van der Waals surface area contributed by atoms with Gasteiger partial charge in [-0.05, 0) is 26.2 Å². The van der Waals surface area contributed by atoms with E-state index < -0.39 is 11.4 Å². The number of aliphatic hydroxyl groups is 1. The maximum Gasteiger partial charge on any atom is 0.225 e. The summed E-state index contributed by atoms with van der Waals surface area (Å²) >= 11 is 0. The number of hydrogen-bond acceptors (Lipinski definition) is 4. The fourth-order valence-electron chi connectivity index (χ4n) is 1.93. The van der Waals surface area contributed by atoms with Crippen molar-refractivity contribution >= 4 is 5.95 Å². The molecule has 0 radical (unpaired) electrons. The highest BCUT2D eigenvalue weighted by Crippen LogP contribution is 2.23. The molecule has 1 aromatic heterocycles. The second-order valence-electron chi connectivity index (χ2n) is 4.54. The highest BCUT2D eigenvalue weighted by molar-refractivity contribution is 5.28. The van der Waals surface area contributed by atoms with E-state index in [1.165, 1.54) is 12.4 Å². The molecule has 1 aromatic rings. The van der Waals surface area contributed by atoms with Crippen LogP contribution in [-0.2, 0) is 0 Å². The number of nitrogens with zero attached hydrogens (tertiary/aromatic N) is 3. The maximum atomic E-state index is 12.7. The molecule has 2 heterocycles. The Labute approximate surface area is 94.1 Å². The minimum atomic E-state index is -0.602. The first-order valence-corrected chi connectivity index (χ1v) is 5.52. The van der Waals surface area contributed by atoms with Crippen molar-refractivity contribution in [3.8, 4) is 0 Å². The molecule has 1 atom stereocenters. The molecule has 1 fully saturated rings. The van der Waals surface area contributed by atoms with Crippen LogP contribution in [0.5, 0.6) is 0 Å². The Hall–Kier alpha value is -1.23. The van der Waals surface area contributed by atoms with Crippen LogP contribution in [0.3, 0.4) is 0 Å². The third-order valence-electron chi connectivity index (χ3n) is 2.95. The smallest absolute Gasteiger partial charge is 0.225 e. The van der Waals surface area contributed by atoms with Gasteiger partial charge in [-0.25, -0.2) is 14.4 Å². The lowest BCUT2D eigenvalue weighted by molar-refractivity contribution is 0.0481. The minimum absolute atomic E-state index is 0.425. The number of anilines is 1. The Morgan fingerprint density at radius 2 is 2.00 bits per heavy atom. The quantitative estimate of drug-likeness (QED) is 0.784. The number of rotatable bonds is 1. The zero-order valence-corrected chi connectivity index (χ0v) is 9.36. The average molecular weight is 225 g/mol. The first-order chi connectivity index (χ1) is 7.57. The predicted octanol–water partition coefficient (Wildman–Crippen LogP) is 1.36. The summed E-state index contributed by atoms with van der Waals surface area (Å²) in [5.41, 5.74) is -0.602. The second kappa shape index (κ2) is 4.33. The lowest BCUT2D eigenvalue weighted by Crippen LogP contribution is -2.29. The SMILES string of the molecule is CC1(O)CCCN(c2ncc(F)cn2)CC1. The summed E-state index contributed by atoms with van der Waals surface area (Å²) in [4.78, 5) is 9.89. The molecule has 0 aliphatic carbocycles. The van der Waals surface area contributed by atoms with E-state index in [2.05, 4.69) is 9.97 Å². The largest absolute Gasteiger partial charge is 0.390 e. The van der Waals surface area contributed by atoms with Crippen LogP contribution < -0.4 is 4.90 Å². The normalized spacial score (nSPS) is 26.6. The molecule has 1 saturated heterocycles. The Balaban J connectivity index is 2.08. The molecule has 1 unspecified atom stereocenters. The van der Waals surface area contributed by atoms with E-state index in [1.54, 1.807) is 0 Å². The molecular formula is C11H16FN3O. The Kier molecular flexibility index (Phi) is 3.05. The van der Waals surface area contributed by atoms with Gasteiger partial charge in [0.1, 0.15) is 0 Å². The van der Waals surface area contributed by atoms with Gasteiger partial charge in [0, 0.05) is 13.1 Å². The summed E-state index contributed by atoms with van der Waals surface area (Å²) < 4.78 is 12.7. The van der Waals surface area contributed by atoms with E-state index in [0.29, 0.717) is 18.9 Å². The molecule has 4 nitrogen and oxygen atoms in total. The number of aromatic nitrogens is 2. The van der Waals surface area contributed by atoms with E-state index in [1.807, 2.05) is 11.8 Å². The van der Waals surface area contributed by atoms with E-state index in [9.17, 15) is 9.50 Å².